The van der Waals surface area contributed by atoms with E-state index in [1.807, 2.05) is 13.0 Å². The standard InChI is InChI=1S/C13H17BrFN/c1-8-5-11(14)12(15)7-13(8)16-9(2)6-10-3-4-10/h5,7,9-10,16H,3-4,6H2,1-2H3. The van der Waals surface area contributed by atoms with E-state index in [9.17, 15) is 4.39 Å². The minimum Gasteiger partial charge on any atom is -0.382 e. The summed E-state index contributed by atoms with van der Waals surface area (Å²) in [6.45, 7) is 4.16. The van der Waals surface area contributed by atoms with Crippen molar-refractivity contribution in [1.82, 2.24) is 0 Å². The molecule has 0 saturated heterocycles. The first-order valence-corrected chi connectivity index (χ1v) is 6.57. The van der Waals surface area contributed by atoms with Crippen LogP contribution in [0.2, 0.25) is 0 Å². The molecule has 0 heterocycles. The summed E-state index contributed by atoms with van der Waals surface area (Å²) < 4.78 is 13.9. The Morgan fingerprint density at radius 1 is 1.50 bits per heavy atom. The first-order chi connectivity index (χ1) is 7.56. The van der Waals surface area contributed by atoms with Crippen LogP contribution >= 0.6 is 15.9 Å². The molecule has 1 aromatic rings. The zero-order valence-corrected chi connectivity index (χ0v) is 11.3. The Labute approximate surface area is 105 Å². The van der Waals surface area contributed by atoms with Gasteiger partial charge in [0.2, 0.25) is 0 Å². The number of benzene rings is 1. The van der Waals surface area contributed by atoms with E-state index < -0.39 is 0 Å². The van der Waals surface area contributed by atoms with E-state index in [1.54, 1.807) is 6.07 Å². The average molecular weight is 286 g/mol. The predicted octanol–water partition coefficient (Wildman–Crippen LogP) is 4.50. The summed E-state index contributed by atoms with van der Waals surface area (Å²) >= 11 is 3.19. The van der Waals surface area contributed by atoms with Gasteiger partial charge in [0.1, 0.15) is 5.82 Å². The van der Waals surface area contributed by atoms with Gasteiger partial charge in [-0.05, 0) is 59.8 Å². The van der Waals surface area contributed by atoms with Crippen LogP contribution in [-0.2, 0) is 0 Å². The minimum atomic E-state index is -0.202. The number of halogens is 2. The third-order valence-electron chi connectivity index (χ3n) is 3.05. The highest BCUT2D eigenvalue weighted by Crippen LogP contribution is 2.34. The van der Waals surface area contributed by atoms with Crippen molar-refractivity contribution in [1.29, 1.82) is 0 Å². The Balaban J connectivity index is 2.04. The molecule has 1 atom stereocenters. The summed E-state index contributed by atoms with van der Waals surface area (Å²) in [7, 11) is 0. The van der Waals surface area contributed by atoms with Crippen LogP contribution in [0.3, 0.4) is 0 Å². The number of aryl methyl sites for hydroxylation is 1. The van der Waals surface area contributed by atoms with Gasteiger partial charge in [0.15, 0.2) is 0 Å². The monoisotopic (exact) mass is 285 g/mol. The van der Waals surface area contributed by atoms with Crippen LogP contribution < -0.4 is 5.32 Å². The van der Waals surface area contributed by atoms with E-state index in [1.165, 1.54) is 19.3 Å². The van der Waals surface area contributed by atoms with Crippen LogP contribution in [0, 0.1) is 18.7 Å². The number of hydrogen-bond donors (Lipinski definition) is 1. The summed E-state index contributed by atoms with van der Waals surface area (Å²) in [6, 6.07) is 3.82. The molecular formula is C13H17BrFN. The van der Waals surface area contributed by atoms with Crippen LogP contribution in [0.25, 0.3) is 0 Å². The molecule has 0 aliphatic heterocycles. The van der Waals surface area contributed by atoms with E-state index in [0.717, 1.165) is 17.2 Å². The van der Waals surface area contributed by atoms with Gasteiger partial charge in [0.25, 0.3) is 0 Å². The second kappa shape index (κ2) is 4.74. The molecule has 1 aliphatic rings. The van der Waals surface area contributed by atoms with Crippen LogP contribution in [-0.4, -0.2) is 6.04 Å². The number of anilines is 1. The molecule has 1 saturated carbocycles. The molecular weight excluding hydrogens is 269 g/mol. The summed E-state index contributed by atoms with van der Waals surface area (Å²) in [6.07, 6.45) is 3.91. The van der Waals surface area contributed by atoms with E-state index in [4.69, 9.17) is 0 Å². The fourth-order valence-corrected chi connectivity index (χ4v) is 2.44. The maximum atomic E-state index is 13.4. The lowest BCUT2D eigenvalue weighted by atomic mass is 10.1. The highest BCUT2D eigenvalue weighted by Gasteiger charge is 2.23. The van der Waals surface area contributed by atoms with Gasteiger partial charge in [0.05, 0.1) is 4.47 Å². The van der Waals surface area contributed by atoms with Gasteiger partial charge in [0, 0.05) is 11.7 Å². The van der Waals surface area contributed by atoms with Crippen LogP contribution in [0.1, 0.15) is 31.7 Å². The first-order valence-electron chi connectivity index (χ1n) is 5.78. The molecule has 2 rings (SSSR count). The van der Waals surface area contributed by atoms with Crippen LogP contribution in [0.5, 0.6) is 0 Å². The minimum absolute atomic E-state index is 0.202. The second-order valence-corrected chi connectivity index (χ2v) is 5.66. The van der Waals surface area contributed by atoms with E-state index in [2.05, 4.69) is 28.2 Å². The number of nitrogens with one attached hydrogen (secondary N) is 1. The normalized spacial score (nSPS) is 17.2. The first kappa shape index (κ1) is 11.9. The van der Waals surface area contributed by atoms with E-state index in [0.29, 0.717) is 10.5 Å². The Kier molecular flexibility index (Phi) is 3.53. The van der Waals surface area contributed by atoms with Crippen molar-refractivity contribution in [2.75, 3.05) is 5.32 Å². The van der Waals surface area contributed by atoms with E-state index in [-0.39, 0.29) is 5.82 Å². The van der Waals surface area contributed by atoms with Crippen molar-refractivity contribution in [2.45, 2.75) is 39.2 Å². The molecule has 3 heteroatoms. The molecule has 0 bridgehead atoms. The lowest BCUT2D eigenvalue weighted by Gasteiger charge is -2.17. The maximum Gasteiger partial charge on any atom is 0.139 e. The van der Waals surface area contributed by atoms with Crippen molar-refractivity contribution in [3.8, 4) is 0 Å². The van der Waals surface area contributed by atoms with Gasteiger partial charge in [-0.25, -0.2) is 4.39 Å². The van der Waals surface area contributed by atoms with Gasteiger partial charge in [-0.1, -0.05) is 12.8 Å². The third-order valence-corrected chi connectivity index (χ3v) is 3.66. The molecule has 0 aromatic heterocycles. The Morgan fingerprint density at radius 3 is 2.81 bits per heavy atom. The molecule has 1 unspecified atom stereocenters. The predicted molar refractivity (Wildman–Crippen MR) is 69.3 cm³/mol. The lowest BCUT2D eigenvalue weighted by Crippen LogP contribution is -2.16. The van der Waals surface area contributed by atoms with Crippen molar-refractivity contribution in [3.63, 3.8) is 0 Å². The summed E-state index contributed by atoms with van der Waals surface area (Å²) in [5.74, 6) is 0.690. The van der Waals surface area contributed by atoms with E-state index >= 15 is 0 Å². The van der Waals surface area contributed by atoms with Crippen LogP contribution in [0.15, 0.2) is 16.6 Å². The molecule has 0 amide bonds. The quantitative estimate of drug-likeness (QED) is 0.859. The second-order valence-electron chi connectivity index (χ2n) is 4.81. The average Bonchev–Trinajstić information content (AvgIpc) is 2.98. The Morgan fingerprint density at radius 2 is 2.19 bits per heavy atom. The maximum absolute atomic E-state index is 13.4. The Hall–Kier alpha value is -0.570. The van der Waals surface area contributed by atoms with Gasteiger partial charge in [-0.15, -0.1) is 0 Å². The van der Waals surface area contributed by atoms with Gasteiger partial charge in [-0.3, -0.25) is 0 Å². The largest absolute Gasteiger partial charge is 0.382 e. The van der Waals surface area contributed by atoms with Crippen LogP contribution in [0.4, 0.5) is 10.1 Å². The molecule has 16 heavy (non-hydrogen) atoms. The molecule has 0 spiro atoms. The van der Waals surface area contributed by atoms with Gasteiger partial charge < -0.3 is 5.32 Å². The molecule has 1 nitrogen and oxygen atoms in total. The van der Waals surface area contributed by atoms with Crippen molar-refractivity contribution < 1.29 is 4.39 Å². The molecule has 1 fully saturated rings. The highest BCUT2D eigenvalue weighted by atomic mass is 79.9. The van der Waals surface area contributed by atoms with Gasteiger partial charge in [-0.2, -0.15) is 0 Å². The third kappa shape index (κ3) is 2.97. The smallest absolute Gasteiger partial charge is 0.139 e. The molecule has 0 radical (unpaired) electrons. The molecule has 1 aliphatic carbocycles. The van der Waals surface area contributed by atoms with Crippen molar-refractivity contribution >= 4 is 21.6 Å². The zero-order chi connectivity index (χ0) is 11.7. The van der Waals surface area contributed by atoms with Gasteiger partial charge >= 0.3 is 0 Å². The summed E-state index contributed by atoms with van der Waals surface area (Å²) in [5, 5.41) is 3.39. The molecule has 88 valence electrons. The van der Waals surface area contributed by atoms with Crippen molar-refractivity contribution in [2.24, 2.45) is 5.92 Å². The fraction of sp³-hybridized carbons (Fsp3) is 0.538. The fourth-order valence-electron chi connectivity index (χ4n) is 1.98. The van der Waals surface area contributed by atoms with Crippen molar-refractivity contribution in [3.05, 3.63) is 28.0 Å². The highest BCUT2D eigenvalue weighted by molar-refractivity contribution is 9.10. The number of rotatable bonds is 4. The summed E-state index contributed by atoms with van der Waals surface area (Å²) in [5.41, 5.74) is 1.99. The Bertz CT molecular complexity index is 388. The zero-order valence-electron chi connectivity index (χ0n) is 9.69. The molecule has 1 N–H and O–H groups in total. The topological polar surface area (TPSA) is 12.0 Å². The number of hydrogen-bond acceptors (Lipinski definition) is 1. The SMILES string of the molecule is Cc1cc(Br)c(F)cc1NC(C)CC1CC1. The summed E-state index contributed by atoms with van der Waals surface area (Å²) in [4.78, 5) is 0. The lowest BCUT2D eigenvalue weighted by molar-refractivity contribution is 0.617. The molecule has 1 aromatic carbocycles.